The molecule has 0 amide bonds. The minimum Gasteiger partial charge on any atom is -0.396 e. The highest BCUT2D eigenvalue weighted by molar-refractivity contribution is 5.82. The number of carbonyl (C=O) groups excluding carboxylic acids is 7. The van der Waals surface area contributed by atoms with E-state index >= 15 is 0 Å². The minimum absolute atomic E-state index is 0.0969. The van der Waals surface area contributed by atoms with Crippen LogP contribution >= 0.6 is 0 Å². The van der Waals surface area contributed by atoms with Gasteiger partial charge in [0.2, 0.25) is 0 Å². The van der Waals surface area contributed by atoms with Crippen LogP contribution in [0.5, 0.6) is 0 Å². The fraction of sp³-hybridized carbons (Fsp3) is 0.923. The molecule has 680 valence electrons. The maximum absolute atomic E-state index is 11.4. The maximum atomic E-state index is 11.4. The third-order valence-electron chi connectivity index (χ3n) is 15.9. The largest absolute Gasteiger partial charge is 0.396 e. The first-order valence-corrected chi connectivity index (χ1v) is 44.8. The second kappa shape index (κ2) is 106. The summed E-state index contributed by atoms with van der Waals surface area (Å²) in [6.45, 7) is 68.0. The lowest BCUT2D eigenvalue weighted by molar-refractivity contribution is -0.123. The average Bonchev–Trinajstić information content (AvgIpc) is 0.932. The Labute approximate surface area is 694 Å². The molecule has 0 aromatic rings. The van der Waals surface area contributed by atoms with E-state index < -0.39 is 0 Å². The fourth-order valence-corrected chi connectivity index (χ4v) is 8.84. The zero-order chi connectivity index (χ0) is 89.1. The van der Waals surface area contributed by atoms with Crippen molar-refractivity contribution < 1.29 is 68.9 Å². The van der Waals surface area contributed by atoms with Crippen LogP contribution in [0.25, 0.3) is 0 Å². The van der Waals surface area contributed by atoms with Crippen molar-refractivity contribution in [3.05, 3.63) is 0 Å². The number of likely N-dealkylation sites (tertiary alicyclic amines) is 1. The van der Waals surface area contributed by atoms with Crippen molar-refractivity contribution in [3.63, 3.8) is 0 Å². The first-order valence-electron chi connectivity index (χ1n) is 44.8. The molecule has 0 bridgehead atoms. The summed E-state index contributed by atoms with van der Waals surface area (Å²) in [5.74, 6) is 3.22. The number of methoxy groups -OCH3 is 1. The molecule has 0 radical (unpaired) electrons. The van der Waals surface area contributed by atoms with Gasteiger partial charge >= 0.3 is 0 Å². The van der Waals surface area contributed by atoms with Gasteiger partial charge in [0.05, 0.1) is 38.1 Å². The molecule has 21 nitrogen and oxygen atoms in total. The van der Waals surface area contributed by atoms with E-state index in [1.807, 2.05) is 109 Å². The van der Waals surface area contributed by atoms with Crippen molar-refractivity contribution in [1.82, 2.24) is 36.4 Å². The Morgan fingerprint density at radius 3 is 0.866 bits per heavy atom. The predicted molar refractivity (Wildman–Crippen MR) is 481 cm³/mol. The molecule has 0 atom stereocenters. The van der Waals surface area contributed by atoms with E-state index in [2.05, 4.69) is 128 Å². The molecule has 11 N–H and O–H groups in total. The molecule has 112 heavy (non-hydrogen) atoms. The summed E-state index contributed by atoms with van der Waals surface area (Å²) in [5.41, 5.74) is 0. The Hall–Kier alpha value is -2.87. The molecule has 21 heteroatoms. The summed E-state index contributed by atoms with van der Waals surface area (Å²) in [7, 11) is 3.57. The van der Waals surface area contributed by atoms with Gasteiger partial charge in [-0.05, 0) is 84.2 Å². The van der Waals surface area contributed by atoms with Gasteiger partial charge in [-0.1, -0.05) is 239 Å². The number of ketones is 7. The highest BCUT2D eigenvalue weighted by Gasteiger charge is 2.22. The van der Waals surface area contributed by atoms with Crippen LogP contribution in [-0.4, -0.2) is 237 Å². The van der Waals surface area contributed by atoms with Gasteiger partial charge < -0.3 is 71.8 Å². The van der Waals surface area contributed by atoms with Gasteiger partial charge in [0, 0.05) is 191 Å². The Morgan fingerprint density at radius 1 is 0.339 bits per heavy atom. The number of hydrogen-bond donors (Lipinski definition) is 11. The highest BCUT2D eigenvalue weighted by atomic mass is 16.5. The van der Waals surface area contributed by atoms with Crippen molar-refractivity contribution >= 4 is 40.5 Å². The molecular weight excluding hydrogens is 1420 g/mol. The van der Waals surface area contributed by atoms with E-state index in [1.54, 1.807) is 7.11 Å². The Kier molecular flexibility index (Phi) is 126. The van der Waals surface area contributed by atoms with Gasteiger partial charge in [0.25, 0.3) is 0 Å². The maximum Gasteiger partial charge on any atom is 0.136 e. The number of piperidine rings is 1. The van der Waals surface area contributed by atoms with Gasteiger partial charge in [0.1, 0.15) is 40.5 Å². The van der Waals surface area contributed by atoms with Crippen LogP contribution in [0.15, 0.2) is 0 Å². The number of ether oxygens (including phenoxy) is 1. The average molecular weight is 1610 g/mol. The van der Waals surface area contributed by atoms with Gasteiger partial charge in [-0.25, -0.2) is 0 Å². The summed E-state index contributed by atoms with van der Waals surface area (Å²) >= 11 is 0. The van der Waals surface area contributed by atoms with Crippen molar-refractivity contribution in [3.8, 4) is 0 Å². The molecule has 0 aromatic carbocycles. The number of Topliss-reactive ketones (excluding diaryl/α,β-unsaturated/α-hetero) is 7. The molecule has 0 aromatic heterocycles. The van der Waals surface area contributed by atoms with Gasteiger partial charge in [-0.2, -0.15) is 0 Å². The van der Waals surface area contributed by atoms with Crippen molar-refractivity contribution in [1.29, 1.82) is 0 Å². The minimum atomic E-state index is -0.118. The number of nitrogens with one attached hydrogen (secondary N) is 5. The van der Waals surface area contributed by atoms with E-state index in [9.17, 15) is 48.9 Å². The summed E-state index contributed by atoms with van der Waals surface area (Å²) < 4.78 is 4.85. The summed E-state index contributed by atoms with van der Waals surface area (Å²) in [6.07, 6.45) is 23.0. The zero-order valence-corrected chi connectivity index (χ0v) is 79.5. The molecule has 2 saturated carbocycles. The molecule has 3 fully saturated rings. The van der Waals surface area contributed by atoms with Gasteiger partial charge in [-0.15, -0.1) is 0 Å². The smallest absolute Gasteiger partial charge is 0.136 e. The topological polar surface area (TPSA) is 317 Å². The normalized spacial score (nSPS) is 15.4. The van der Waals surface area contributed by atoms with E-state index in [-0.39, 0.29) is 85.3 Å². The summed E-state index contributed by atoms with van der Waals surface area (Å²) in [5, 5.41) is 69.4. The van der Waals surface area contributed by atoms with Crippen LogP contribution in [0.2, 0.25) is 0 Å². The Morgan fingerprint density at radius 2 is 0.598 bits per heavy atom. The van der Waals surface area contributed by atoms with E-state index in [0.29, 0.717) is 118 Å². The molecule has 3 rings (SSSR count). The standard InChI is InChI=1S/2C12H23NO2.C11H21NO2.3C9H19NO2.C8H17NO2.7C3H8/c2*1-9(2)12(15)7-8-13-10-3-5-11(14)6-4-10;1-9(2)11(14)5-8-12-6-3-10(13)4-7-12;1-8(2)9(11)4-5-10-6-7-12-3;1-8(2)9(12)4-5-10(3)6-7-11;1-8(2)9(12)4-6-10-5-3-7-11;1-7(2)8(11)3-4-9-5-6-10;7*1-3-2/h2*9-11,13-14H,3-8H2,1-2H3;9-10,13H,3-8H2,1-2H3;8,10H,4-7H2,1-3H3;8,11H,4-7H2,1-3H3;8,10-11H,3-7H2,1-2H3;7,9-10H,3-6H2,1-2H3;7*3H2,1-2H3. The second-order valence-corrected chi connectivity index (χ2v) is 31.6. The van der Waals surface area contributed by atoms with Crippen LogP contribution in [0.1, 0.15) is 354 Å². The fourth-order valence-electron chi connectivity index (χ4n) is 8.84. The number of nitrogens with zero attached hydrogens (tertiary/aromatic N) is 2. The number of aliphatic hydroxyl groups excluding tert-OH is 6. The van der Waals surface area contributed by atoms with Crippen LogP contribution < -0.4 is 26.6 Å². The van der Waals surface area contributed by atoms with E-state index in [1.165, 1.54) is 44.9 Å². The number of likely N-dealkylation sites (N-methyl/N-ethyl adjacent to an activating group) is 1. The number of carbonyl (C=O) groups is 7. The predicted octanol–water partition coefficient (Wildman–Crippen LogP) is 16.1. The second-order valence-electron chi connectivity index (χ2n) is 31.6. The quantitative estimate of drug-likeness (QED) is 0.0254. The zero-order valence-electron chi connectivity index (χ0n) is 79.5. The first kappa shape index (κ1) is 133. The van der Waals surface area contributed by atoms with Crippen LogP contribution in [0.4, 0.5) is 0 Å². The number of hydrogen-bond acceptors (Lipinski definition) is 21. The lowest BCUT2D eigenvalue weighted by Gasteiger charge is -2.29. The van der Waals surface area contributed by atoms with Gasteiger partial charge in [0.15, 0.2) is 0 Å². The Balaban J connectivity index is -0.000000113. The molecule has 1 aliphatic heterocycles. The molecule has 0 spiro atoms. The monoisotopic (exact) mass is 1610 g/mol. The van der Waals surface area contributed by atoms with E-state index in [0.717, 1.165) is 136 Å². The Bertz CT molecular complexity index is 1800. The first-order chi connectivity index (χ1) is 52.8. The molecule has 2 aliphatic carbocycles. The van der Waals surface area contributed by atoms with E-state index in [4.69, 9.17) is 20.1 Å². The van der Waals surface area contributed by atoms with Crippen molar-refractivity contribution in [2.45, 2.75) is 385 Å². The lowest BCUT2D eigenvalue weighted by atomic mass is 9.93. The molecule has 1 saturated heterocycles. The van der Waals surface area contributed by atoms with Crippen LogP contribution in [-0.2, 0) is 38.3 Å². The number of rotatable bonds is 40. The SMILES string of the molecule is CC(C)C(=O)CCN(C)CCO.CC(C)C(=O)CCN1CCC(O)CC1.CC(C)C(=O)CCNC1CCC(O)CC1.CC(C)C(=O)CCNC1CCC(O)CC1.CC(C)C(=O)CCNCCCO.CC(C)C(=O)CCNCCO.CCC.CCC.CCC.CCC.CCC.CCC.CCC.COCCNCCC(=O)C(C)C. The van der Waals surface area contributed by atoms with Crippen molar-refractivity contribution in [2.75, 3.05) is 126 Å². The lowest BCUT2D eigenvalue weighted by Crippen LogP contribution is -2.37. The van der Waals surface area contributed by atoms with Crippen LogP contribution in [0, 0.1) is 41.4 Å². The summed E-state index contributed by atoms with van der Waals surface area (Å²) in [6, 6.07) is 1.02. The molecule has 0 unspecified atom stereocenters. The molecule has 1 heterocycles. The summed E-state index contributed by atoms with van der Waals surface area (Å²) in [4.78, 5) is 82.7. The highest BCUT2D eigenvalue weighted by Crippen LogP contribution is 2.20. The molecule has 3 aliphatic rings. The number of aliphatic hydroxyl groups is 6. The van der Waals surface area contributed by atoms with Crippen LogP contribution in [0.3, 0.4) is 0 Å². The third kappa shape index (κ3) is 120. The van der Waals surface area contributed by atoms with Crippen molar-refractivity contribution in [2.24, 2.45) is 41.4 Å². The van der Waals surface area contributed by atoms with Gasteiger partial charge in [-0.3, -0.25) is 33.6 Å². The molecular formula is C91H197N7O14. The third-order valence-corrected chi connectivity index (χ3v) is 15.9.